The first-order valence-corrected chi connectivity index (χ1v) is 11.6. The molecular weight excluding hydrogens is 426 g/mol. The van der Waals surface area contributed by atoms with Gasteiger partial charge in [-0.3, -0.25) is 4.79 Å². The fourth-order valence-electron chi connectivity index (χ4n) is 3.37. The molecule has 0 bridgehead atoms. The van der Waals surface area contributed by atoms with Crippen LogP contribution < -0.4 is 15.3 Å². The highest BCUT2D eigenvalue weighted by Crippen LogP contribution is 2.23. The van der Waals surface area contributed by atoms with Crippen molar-refractivity contribution in [2.75, 3.05) is 18.7 Å². The van der Waals surface area contributed by atoms with Crippen molar-refractivity contribution in [2.45, 2.75) is 52.4 Å². The first-order chi connectivity index (χ1) is 15.3. The minimum Gasteiger partial charge on any atom is -0.497 e. The van der Waals surface area contributed by atoms with Crippen LogP contribution in [0, 0.1) is 19.8 Å². The van der Waals surface area contributed by atoms with Crippen molar-refractivity contribution in [3.05, 3.63) is 53.1 Å². The molecule has 0 aliphatic carbocycles. The highest BCUT2D eigenvalue weighted by Gasteiger charge is 2.18. The Morgan fingerprint density at radius 3 is 2.66 bits per heavy atom. The van der Waals surface area contributed by atoms with Crippen LogP contribution in [0.3, 0.4) is 0 Å². The maximum absolute atomic E-state index is 12.9. The van der Waals surface area contributed by atoms with Gasteiger partial charge in [0, 0.05) is 29.6 Å². The van der Waals surface area contributed by atoms with Crippen molar-refractivity contribution in [1.29, 1.82) is 0 Å². The summed E-state index contributed by atoms with van der Waals surface area (Å²) in [5, 5.41) is 8.68. The molecule has 0 fully saturated rings. The molecule has 8 nitrogen and oxygen atoms in total. The summed E-state index contributed by atoms with van der Waals surface area (Å²) in [5.74, 6) is 8.84. The smallest absolute Gasteiger partial charge is 0.210 e. The second-order valence-corrected chi connectivity index (χ2v) is 9.01. The predicted octanol–water partition coefficient (Wildman–Crippen LogP) is 4.02. The van der Waals surface area contributed by atoms with Crippen LogP contribution in [-0.4, -0.2) is 38.1 Å². The second-order valence-electron chi connectivity index (χ2n) is 8.07. The average Bonchev–Trinajstić information content (AvgIpc) is 3.27. The normalized spacial score (nSPS) is 11.2. The quantitative estimate of drug-likeness (QED) is 0.264. The number of carbonyl (C=O) groups excluding carboxylic acids is 1. The third-order valence-corrected chi connectivity index (χ3v) is 6.22. The van der Waals surface area contributed by atoms with Crippen molar-refractivity contribution in [2.24, 2.45) is 5.92 Å². The van der Waals surface area contributed by atoms with Gasteiger partial charge >= 0.3 is 0 Å². The molecule has 2 aromatic heterocycles. The van der Waals surface area contributed by atoms with E-state index in [1.807, 2.05) is 38.1 Å². The van der Waals surface area contributed by atoms with E-state index < -0.39 is 0 Å². The molecule has 3 aromatic rings. The standard InChI is InChI=1S/C23H31N5O3S/c1-15(2)9-10-27-16(3)11-20(17(27)4)21(29)14-32-23-26-25-22(28(23)24)13-31-19-8-6-7-18(12-19)30-5/h6-8,11-12,15H,9-10,13-14,24H2,1-5H3. The van der Waals surface area contributed by atoms with Gasteiger partial charge in [0.1, 0.15) is 18.1 Å². The monoisotopic (exact) mass is 457 g/mol. The van der Waals surface area contributed by atoms with Crippen LogP contribution in [0.5, 0.6) is 11.5 Å². The molecule has 2 N–H and O–H groups in total. The van der Waals surface area contributed by atoms with E-state index in [-0.39, 0.29) is 18.1 Å². The lowest BCUT2D eigenvalue weighted by Crippen LogP contribution is -2.16. The maximum Gasteiger partial charge on any atom is 0.210 e. The Bertz CT molecular complexity index is 1070. The lowest BCUT2D eigenvalue weighted by atomic mass is 10.1. The number of aromatic nitrogens is 4. The largest absolute Gasteiger partial charge is 0.497 e. The molecule has 0 unspecified atom stereocenters. The molecule has 0 radical (unpaired) electrons. The highest BCUT2D eigenvalue weighted by molar-refractivity contribution is 7.99. The van der Waals surface area contributed by atoms with E-state index in [0.29, 0.717) is 28.4 Å². The van der Waals surface area contributed by atoms with Gasteiger partial charge in [-0.1, -0.05) is 31.7 Å². The predicted molar refractivity (Wildman–Crippen MR) is 126 cm³/mol. The van der Waals surface area contributed by atoms with Gasteiger partial charge in [-0.05, 0) is 44.4 Å². The molecule has 2 heterocycles. The molecule has 9 heteroatoms. The molecule has 0 aliphatic rings. The number of hydrogen-bond acceptors (Lipinski definition) is 7. The van der Waals surface area contributed by atoms with E-state index in [9.17, 15) is 4.79 Å². The number of carbonyl (C=O) groups is 1. The SMILES string of the molecule is COc1cccc(OCc2nnc(SCC(=O)c3cc(C)n(CCC(C)C)c3C)n2N)c1. The highest BCUT2D eigenvalue weighted by atomic mass is 32.2. The van der Waals surface area contributed by atoms with Crippen LogP contribution in [-0.2, 0) is 13.2 Å². The molecule has 3 rings (SSSR count). The van der Waals surface area contributed by atoms with Crippen LogP contribution in [0.2, 0.25) is 0 Å². The summed E-state index contributed by atoms with van der Waals surface area (Å²) < 4.78 is 14.5. The molecular formula is C23H31N5O3S. The van der Waals surface area contributed by atoms with E-state index in [1.165, 1.54) is 16.4 Å². The molecule has 32 heavy (non-hydrogen) atoms. The molecule has 0 saturated heterocycles. The maximum atomic E-state index is 12.9. The zero-order valence-electron chi connectivity index (χ0n) is 19.3. The van der Waals surface area contributed by atoms with Crippen LogP contribution in [0.25, 0.3) is 0 Å². The summed E-state index contributed by atoms with van der Waals surface area (Å²) in [4.78, 5) is 12.9. The molecule has 0 saturated carbocycles. The summed E-state index contributed by atoms with van der Waals surface area (Å²) in [6.45, 7) is 9.53. The number of aryl methyl sites for hydroxylation is 1. The minimum atomic E-state index is 0.0519. The Labute approximate surface area is 193 Å². The Morgan fingerprint density at radius 1 is 1.19 bits per heavy atom. The molecule has 0 aliphatic heterocycles. The summed E-state index contributed by atoms with van der Waals surface area (Å²) in [6, 6.07) is 9.26. The van der Waals surface area contributed by atoms with E-state index in [2.05, 4.69) is 28.6 Å². The number of nitrogens with zero attached hydrogens (tertiary/aromatic N) is 4. The number of nitrogen functional groups attached to an aromatic ring is 1. The number of rotatable bonds is 11. The molecule has 172 valence electrons. The Hall–Kier alpha value is -2.94. The van der Waals surface area contributed by atoms with Crippen molar-refractivity contribution in [3.8, 4) is 11.5 Å². The number of hydrogen-bond donors (Lipinski definition) is 1. The number of Topliss-reactive ketones (excluding diaryl/α,β-unsaturated/α-hetero) is 1. The lowest BCUT2D eigenvalue weighted by Gasteiger charge is -2.11. The molecule has 0 spiro atoms. The molecule has 0 amide bonds. The molecule has 0 atom stereocenters. The van der Waals surface area contributed by atoms with Gasteiger partial charge in [-0.25, -0.2) is 4.68 Å². The fraction of sp³-hybridized carbons (Fsp3) is 0.435. The topological polar surface area (TPSA) is 97.2 Å². The number of methoxy groups -OCH3 is 1. The van der Waals surface area contributed by atoms with E-state index in [0.717, 1.165) is 29.9 Å². The van der Waals surface area contributed by atoms with E-state index in [4.69, 9.17) is 15.3 Å². The van der Waals surface area contributed by atoms with Gasteiger partial charge < -0.3 is 19.9 Å². The third kappa shape index (κ3) is 5.64. The van der Waals surface area contributed by atoms with Crippen LogP contribution in [0.1, 0.15) is 47.8 Å². The van der Waals surface area contributed by atoms with Crippen LogP contribution in [0.15, 0.2) is 35.5 Å². The summed E-state index contributed by atoms with van der Waals surface area (Å²) in [5.41, 5.74) is 2.87. The van der Waals surface area contributed by atoms with Crippen molar-refractivity contribution < 1.29 is 14.3 Å². The zero-order valence-corrected chi connectivity index (χ0v) is 20.1. The Morgan fingerprint density at radius 2 is 1.94 bits per heavy atom. The van der Waals surface area contributed by atoms with Crippen LogP contribution >= 0.6 is 11.8 Å². The number of nitrogens with two attached hydrogens (primary N) is 1. The first-order valence-electron chi connectivity index (χ1n) is 10.6. The first kappa shape index (κ1) is 23.7. The van der Waals surface area contributed by atoms with Gasteiger partial charge in [0.05, 0.1) is 12.9 Å². The summed E-state index contributed by atoms with van der Waals surface area (Å²) in [7, 11) is 1.60. The van der Waals surface area contributed by atoms with Crippen molar-refractivity contribution in [3.63, 3.8) is 0 Å². The summed E-state index contributed by atoms with van der Waals surface area (Å²) >= 11 is 1.27. The number of ether oxygens (including phenoxy) is 2. The van der Waals surface area contributed by atoms with Gasteiger partial charge in [-0.2, -0.15) is 0 Å². The average molecular weight is 458 g/mol. The van der Waals surface area contributed by atoms with Gasteiger partial charge in [0.15, 0.2) is 11.6 Å². The second kappa shape index (κ2) is 10.6. The van der Waals surface area contributed by atoms with Crippen molar-refractivity contribution in [1.82, 2.24) is 19.4 Å². The van der Waals surface area contributed by atoms with Gasteiger partial charge in [-0.15, -0.1) is 10.2 Å². The Kier molecular flexibility index (Phi) is 7.84. The van der Waals surface area contributed by atoms with E-state index in [1.54, 1.807) is 13.2 Å². The number of benzene rings is 1. The number of ketones is 1. The number of thioether (sulfide) groups is 1. The van der Waals surface area contributed by atoms with Crippen LogP contribution in [0.4, 0.5) is 0 Å². The third-order valence-electron chi connectivity index (χ3n) is 5.28. The lowest BCUT2D eigenvalue weighted by molar-refractivity contribution is 0.102. The van der Waals surface area contributed by atoms with E-state index >= 15 is 0 Å². The fourth-order valence-corrected chi connectivity index (χ4v) is 4.12. The summed E-state index contributed by atoms with van der Waals surface area (Å²) in [6.07, 6.45) is 1.08. The van der Waals surface area contributed by atoms with Gasteiger partial charge in [0.2, 0.25) is 5.16 Å². The Balaban J connectivity index is 1.60. The minimum absolute atomic E-state index is 0.0519. The molecule has 1 aromatic carbocycles. The van der Waals surface area contributed by atoms with Gasteiger partial charge in [0.25, 0.3) is 0 Å². The van der Waals surface area contributed by atoms with Crippen molar-refractivity contribution >= 4 is 17.5 Å². The zero-order chi connectivity index (χ0) is 23.3.